The molecule has 0 radical (unpaired) electrons. The van der Waals surface area contributed by atoms with E-state index < -0.39 is 0 Å². The smallest absolute Gasteiger partial charge is 0.307 e. The molecule has 0 aliphatic rings. The third-order valence-corrected chi connectivity index (χ3v) is 3.35. The van der Waals surface area contributed by atoms with Gasteiger partial charge in [0.15, 0.2) is 0 Å². The number of carbonyl (C=O) groups is 1. The van der Waals surface area contributed by atoms with Crippen LogP contribution in [0.15, 0.2) is 10.2 Å². The Kier molecular flexibility index (Phi) is 8.70. The summed E-state index contributed by atoms with van der Waals surface area (Å²) in [5.74, 6) is -0.00129. The van der Waals surface area contributed by atoms with Crippen molar-refractivity contribution < 1.29 is 4.79 Å². The van der Waals surface area contributed by atoms with Crippen molar-refractivity contribution in [1.29, 1.82) is 0 Å². The highest BCUT2D eigenvalue weighted by Gasteiger charge is 2.05. The van der Waals surface area contributed by atoms with Crippen LogP contribution in [0, 0.1) is 6.92 Å². The van der Waals surface area contributed by atoms with E-state index in [1.54, 1.807) is 4.57 Å². The summed E-state index contributed by atoms with van der Waals surface area (Å²) in [5.41, 5.74) is 0.919. The lowest BCUT2D eigenvalue weighted by Gasteiger charge is -2.06. The second kappa shape index (κ2) is 9.13. The Hall–Kier alpha value is -0.850. The van der Waals surface area contributed by atoms with E-state index >= 15 is 0 Å². The highest BCUT2D eigenvalue weighted by atomic mass is 35.5. The Morgan fingerprint density at radius 1 is 1.44 bits per heavy atom. The highest BCUT2D eigenvalue weighted by Crippen LogP contribution is 2.00. The zero-order valence-electron chi connectivity index (χ0n) is 10.7. The fourth-order valence-corrected chi connectivity index (χ4v) is 2.23. The van der Waals surface area contributed by atoms with Gasteiger partial charge in [-0.05, 0) is 26.9 Å². The van der Waals surface area contributed by atoms with Crippen LogP contribution in [0.4, 0.5) is 0 Å². The number of thiazole rings is 1. The van der Waals surface area contributed by atoms with Gasteiger partial charge in [0, 0.05) is 30.6 Å². The zero-order valence-corrected chi connectivity index (χ0v) is 12.3. The molecule has 1 amide bonds. The van der Waals surface area contributed by atoms with Crippen molar-refractivity contribution in [2.24, 2.45) is 0 Å². The molecule has 0 fully saturated rings. The Labute approximate surface area is 117 Å². The molecule has 0 unspecified atom stereocenters. The van der Waals surface area contributed by atoms with Crippen LogP contribution < -0.4 is 15.5 Å². The molecule has 0 saturated heterocycles. The number of aromatic nitrogens is 1. The average molecular weight is 294 g/mol. The van der Waals surface area contributed by atoms with Crippen molar-refractivity contribution in [2.75, 3.05) is 20.1 Å². The summed E-state index contributed by atoms with van der Waals surface area (Å²) < 4.78 is 1.64. The van der Waals surface area contributed by atoms with Crippen molar-refractivity contribution in [3.8, 4) is 0 Å². The maximum Gasteiger partial charge on any atom is 0.307 e. The summed E-state index contributed by atoms with van der Waals surface area (Å²) in [6.45, 7) is 3.91. The summed E-state index contributed by atoms with van der Waals surface area (Å²) in [4.78, 5) is 22.9. The molecule has 18 heavy (non-hydrogen) atoms. The first kappa shape index (κ1) is 17.2. The fraction of sp³-hybridized carbons (Fsp3) is 0.636. The number of halogens is 1. The van der Waals surface area contributed by atoms with Crippen LogP contribution in [-0.2, 0) is 11.3 Å². The number of carbonyl (C=O) groups excluding carboxylic acids is 1. The quantitative estimate of drug-likeness (QED) is 0.730. The first-order chi connectivity index (χ1) is 8.15. The van der Waals surface area contributed by atoms with Crippen LogP contribution in [0.1, 0.15) is 18.5 Å². The monoisotopic (exact) mass is 293 g/mol. The topological polar surface area (TPSA) is 63.1 Å². The fourth-order valence-electron chi connectivity index (χ4n) is 1.47. The predicted octanol–water partition coefficient (Wildman–Crippen LogP) is 0.756. The van der Waals surface area contributed by atoms with Gasteiger partial charge in [0.25, 0.3) is 0 Å². The molecule has 0 atom stereocenters. The Morgan fingerprint density at radius 3 is 2.72 bits per heavy atom. The van der Waals surface area contributed by atoms with Crippen molar-refractivity contribution in [1.82, 2.24) is 15.2 Å². The number of hydrogen-bond donors (Lipinski definition) is 2. The minimum Gasteiger partial charge on any atom is -0.356 e. The maximum atomic E-state index is 11.5. The number of amides is 1. The van der Waals surface area contributed by atoms with Gasteiger partial charge < -0.3 is 15.2 Å². The van der Waals surface area contributed by atoms with Gasteiger partial charge in [0.05, 0.1) is 0 Å². The molecule has 2 N–H and O–H groups in total. The SMILES string of the molecule is CNCCCNC(=O)CCn1c(C)csc1=O.Cl. The Morgan fingerprint density at radius 2 is 2.17 bits per heavy atom. The number of nitrogens with one attached hydrogen (secondary N) is 2. The first-order valence-corrected chi connectivity index (χ1v) is 6.59. The molecule has 104 valence electrons. The molecule has 5 nitrogen and oxygen atoms in total. The number of aryl methyl sites for hydroxylation is 1. The highest BCUT2D eigenvalue weighted by molar-refractivity contribution is 7.07. The van der Waals surface area contributed by atoms with Crippen molar-refractivity contribution in [2.45, 2.75) is 26.3 Å². The van der Waals surface area contributed by atoms with Crippen molar-refractivity contribution in [3.05, 3.63) is 20.7 Å². The van der Waals surface area contributed by atoms with Crippen LogP contribution in [0.2, 0.25) is 0 Å². The summed E-state index contributed by atoms with van der Waals surface area (Å²) in [5, 5.41) is 7.66. The lowest BCUT2D eigenvalue weighted by atomic mass is 10.3. The minimum atomic E-state index is -0.00129. The molecule has 0 spiro atoms. The molecule has 0 aliphatic heterocycles. The van der Waals surface area contributed by atoms with Gasteiger partial charge in [-0.1, -0.05) is 11.3 Å². The molecule has 0 bridgehead atoms. The third kappa shape index (κ3) is 5.66. The van der Waals surface area contributed by atoms with Crippen LogP contribution >= 0.6 is 23.7 Å². The van der Waals surface area contributed by atoms with E-state index in [0.29, 0.717) is 19.5 Å². The summed E-state index contributed by atoms with van der Waals surface area (Å²) >= 11 is 1.17. The maximum absolute atomic E-state index is 11.5. The van der Waals surface area contributed by atoms with E-state index in [1.165, 1.54) is 11.3 Å². The van der Waals surface area contributed by atoms with Crippen LogP contribution in [0.25, 0.3) is 0 Å². The third-order valence-electron chi connectivity index (χ3n) is 2.46. The molecular formula is C11H20ClN3O2S. The summed E-state index contributed by atoms with van der Waals surface area (Å²) in [6, 6.07) is 0. The molecule has 0 aliphatic carbocycles. The standard InChI is InChI=1S/C11H19N3O2S.ClH/c1-9-8-17-11(16)14(9)7-4-10(15)13-6-3-5-12-2;/h8,12H,3-7H2,1-2H3,(H,13,15);1H. The van der Waals surface area contributed by atoms with Crippen molar-refractivity contribution in [3.63, 3.8) is 0 Å². The second-order valence-corrected chi connectivity index (χ2v) is 4.67. The van der Waals surface area contributed by atoms with E-state index in [0.717, 1.165) is 18.7 Å². The van der Waals surface area contributed by atoms with Gasteiger partial charge in [-0.2, -0.15) is 0 Å². The van der Waals surface area contributed by atoms with Gasteiger partial charge in [-0.3, -0.25) is 9.59 Å². The Bertz CT molecular complexity index is 417. The van der Waals surface area contributed by atoms with E-state index in [2.05, 4.69) is 10.6 Å². The van der Waals surface area contributed by atoms with E-state index in [-0.39, 0.29) is 23.2 Å². The van der Waals surface area contributed by atoms with Gasteiger partial charge >= 0.3 is 4.87 Å². The first-order valence-electron chi connectivity index (χ1n) is 5.71. The van der Waals surface area contributed by atoms with E-state index in [9.17, 15) is 9.59 Å². The molecular weight excluding hydrogens is 274 g/mol. The molecule has 1 rings (SSSR count). The summed E-state index contributed by atoms with van der Waals surface area (Å²) in [7, 11) is 1.88. The zero-order chi connectivity index (χ0) is 12.7. The second-order valence-electron chi connectivity index (χ2n) is 3.85. The average Bonchev–Trinajstić information content (AvgIpc) is 2.62. The molecule has 1 aromatic rings. The van der Waals surface area contributed by atoms with E-state index in [4.69, 9.17) is 0 Å². The van der Waals surface area contributed by atoms with Gasteiger partial charge in [0.1, 0.15) is 0 Å². The van der Waals surface area contributed by atoms with Gasteiger partial charge in [-0.25, -0.2) is 0 Å². The number of hydrogen-bond acceptors (Lipinski definition) is 4. The lowest BCUT2D eigenvalue weighted by Crippen LogP contribution is -2.28. The lowest BCUT2D eigenvalue weighted by molar-refractivity contribution is -0.121. The number of rotatable bonds is 7. The number of nitrogens with zero attached hydrogens (tertiary/aromatic N) is 1. The van der Waals surface area contributed by atoms with E-state index in [1.807, 2.05) is 19.4 Å². The summed E-state index contributed by atoms with van der Waals surface area (Å²) in [6.07, 6.45) is 1.27. The van der Waals surface area contributed by atoms with Gasteiger partial charge in [0.2, 0.25) is 5.91 Å². The van der Waals surface area contributed by atoms with Crippen molar-refractivity contribution >= 4 is 29.7 Å². The van der Waals surface area contributed by atoms with Crippen LogP contribution in [0.5, 0.6) is 0 Å². The van der Waals surface area contributed by atoms with Gasteiger partial charge in [-0.15, -0.1) is 12.4 Å². The molecule has 1 heterocycles. The Balaban J connectivity index is 0.00000289. The molecule has 0 aromatic carbocycles. The largest absolute Gasteiger partial charge is 0.356 e. The van der Waals surface area contributed by atoms with Crippen LogP contribution in [0.3, 0.4) is 0 Å². The molecule has 0 saturated carbocycles. The predicted molar refractivity (Wildman–Crippen MR) is 76.7 cm³/mol. The molecule has 1 aromatic heterocycles. The normalized spacial score (nSPS) is 9.89. The minimum absolute atomic E-state index is 0. The molecule has 7 heteroatoms. The van der Waals surface area contributed by atoms with Crippen LogP contribution in [-0.4, -0.2) is 30.6 Å².